The Morgan fingerprint density at radius 3 is 2.16 bits per heavy atom. The van der Waals surface area contributed by atoms with Gasteiger partial charge in [0.2, 0.25) is 23.5 Å². The number of ether oxygens (including phenoxy) is 5. The molecule has 15 heteroatoms. The average Bonchev–Trinajstić information content (AvgIpc) is 3.20. The van der Waals surface area contributed by atoms with E-state index in [1.54, 1.807) is 18.2 Å². The Morgan fingerprint density at radius 1 is 0.786 bits per heavy atom. The largest absolute Gasteiger partial charge is 0.493 e. The van der Waals surface area contributed by atoms with Crippen molar-refractivity contribution >= 4 is 29.5 Å². The van der Waals surface area contributed by atoms with Crippen molar-refractivity contribution in [3.05, 3.63) is 77.4 Å². The molecule has 5 N–H and O–H groups in total. The van der Waals surface area contributed by atoms with Crippen LogP contribution in [0.2, 0.25) is 0 Å². The maximum absolute atomic E-state index is 14.2. The Hall–Kier alpha value is -5.99. The van der Waals surface area contributed by atoms with E-state index in [2.05, 4.69) is 26.6 Å². The molecular formula is C41H53N5O10. The van der Waals surface area contributed by atoms with Crippen LogP contribution in [0.15, 0.2) is 60.7 Å². The van der Waals surface area contributed by atoms with E-state index in [1.807, 2.05) is 50.2 Å². The number of carbonyl (C=O) groups is 5. The molecule has 5 amide bonds. The molecule has 0 fully saturated rings. The molecule has 3 aromatic carbocycles. The van der Waals surface area contributed by atoms with E-state index in [9.17, 15) is 24.0 Å². The van der Waals surface area contributed by atoms with E-state index in [-0.39, 0.29) is 61.3 Å². The minimum atomic E-state index is -1.17. The standard InChI is InChI=1S/C41H53N5O10/c1-25(2)35-41(51)43-21-10-14-27-16-18-31(52-3)33(23-27)56-24-34(47)42-20-11-15-29(39(49)45-30(40(50)46-35)22-26-12-8-7-9-13-26)44-38(48)28-17-19-32(53-4)37(55-6)36(28)54-5/h7-9,12-13,16-19,23,25,29-30,35H,10-11,14-15,20-22,24H2,1-6H3,(H,42,47)(H,43,51)(H,44,48)(H,45,49)(H,46,50)/t29-,30-,35+/m0/s1. The van der Waals surface area contributed by atoms with Gasteiger partial charge in [0.05, 0.1) is 34.0 Å². The number of aryl methyl sites for hydroxylation is 1. The molecule has 3 atom stereocenters. The Bertz CT molecular complexity index is 1820. The summed E-state index contributed by atoms with van der Waals surface area (Å²) in [5, 5.41) is 14.2. The predicted molar refractivity (Wildman–Crippen MR) is 208 cm³/mol. The first-order chi connectivity index (χ1) is 27.0. The number of fused-ring (bicyclic) bond motifs is 2. The van der Waals surface area contributed by atoms with Crippen molar-refractivity contribution in [3.8, 4) is 28.7 Å². The summed E-state index contributed by atoms with van der Waals surface area (Å²) in [5.74, 6) is -1.45. The molecule has 0 aliphatic carbocycles. The highest BCUT2D eigenvalue weighted by Crippen LogP contribution is 2.39. The Morgan fingerprint density at radius 2 is 1.48 bits per heavy atom. The maximum atomic E-state index is 14.2. The van der Waals surface area contributed by atoms with E-state index in [0.717, 1.165) is 11.1 Å². The number of benzene rings is 3. The van der Waals surface area contributed by atoms with Gasteiger partial charge in [-0.15, -0.1) is 0 Å². The molecule has 4 rings (SSSR count). The molecule has 1 aliphatic heterocycles. The first kappa shape index (κ1) is 42.7. The Kier molecular flexibility index (Phi) is 16.2. The monoisotopic (exact) mass is 775 g/mol. The van der Waals surface area contributed by atoms with Crippen LogP contribution < -0.4 is 50.3 Å². The minimum Gasteiger partial charge on any atom is -0.493 e. The maximum Gasteiger partial charge on any atom is 0.257 e. The van der Waals surface area contributed by atoms with Crippen LogP contribution in [0.1, 0.15) is 54.6 Å². The number of hydrogen-bond acceptors (Lipinski definition) is 10. The summed E-state index contributed by atoms with van der Waals surface area (Å²) in [6, 6.07) is 14.4. The molecular weight excluding hydrogens is 722 g/mol. The minimum absolute atomic E-state index is 0.0703. The van der Waals surface area contributed by atoms with Crippen molar-refractivity contribution in [1.29, 1.82) is 0 Å². The van der Waals surface area contributed by atoms with Gasteiger partial charge in [0.1, 0.15) is 18.1 Å². The third-order valence-electron chi connectivity index (χ3n) is 9.25. The van der Waals surface area contributed by atoms with E-state index in [1.165, 1.54) is 34.5 Å². The lowest BCUT2D eigenvalue weighted by molar-refractivity contribution is -0.133. The van der Waals surface area contributed by atoms with Gasteiger partial charge in [0.25, 0.3) is 11.8 Å². The molecule has 0 aromatic heterocycles. The van der Waals surface area contributed by atoms with E-state index in [0.29, 0.717) is 36.6 Å². The lowest BCUT2D eigenvalue weighted by Crippen LogP contribution is -2.58. The fraction of sp³-hybridized carbons (Fsp3) is 0.439. The van der Waals surface area contributed by atoms with Crippen molar-refractivity contribution in [1.82, 2.24) is 26.6 Å². The van der Waals surface area contributed by atoms with E-state index >= 15 is 0 Å². The van der Waals surface area contributed by atoms with Crippen LogP contribution in [0.3, 0.4) is 0 Å². The van der Waals surface area contributed by atoms with Crippen LogP contribution in [0.25, 0.3) is 0 Å². The highest BCUT2D eigenvalue weighted by atomic mass is 16.5. The van der Waals surface area contributed by atoms with E-state index < -0.39 is 41.8 Å². The molecule has 0 saturated carbocycles. The lowest BCUT2D eigenvalue weighted by atomic mass is 10.00. The van der Waals surface area contributed by atoms with Crippen LogP contribution in [0.4, 0.5) is 0 Å². The van der Waals surface area contributed by atoms with Gasteiger partial charge in [-0.25, -0.2) is 0 Å². The van der Waals surface area contributed by atoms with Crippen LogP contribution in [-0.4, -0.2) is 95.8 Å². The third-order valence-corrected chi connectivity index (χ3v) is 9.25. The molecule has 1 aliphatic rings. The van der Waals surface area contributed by atoms with Crippen molar-refractivity contribution in [3.63, 3.8) is 0 Å². The summed E-state index contributed by atoms with van der Waals surface area (Å²) in [6.45, 7) is 3.84. The topological polar surface area (TPSA) is 192 Å². The number of rotatable bonds is 9. The van der Waals surface area contributed by atoms with Gasteiger partial charge in [-0.3, -0.25) is 24.0 Å². The summed E-state index contributed by atoms with van der Waals surface area (Å²) in [7, 11) is 5.74. The van der Waals surface area contributed by atoms with Gasteiger partial charge in [-0.2, -0.15) is 0 Å². The van der Waals surface area contributed by atoms with Gasteiger partial charge < -0.3 is 50.3 Å². The smallest absolute Gasteiger partial charge is 0.257 e. The summed E-state index contributed by atoms with van der Waals surface area (Å²) < 4.78 is 27.6. The zero-order valence-electron chi connectivity index (χ0n) is 32.8. The second kappa shape index (κ2) is 21.2. The number of carbonyl (C=O) groups excluding carboxylic acids is 5. The molecule has 2 bridgehead atoms. The van der Waals surface area contributed by atoms with Crippen molar-refractivity contribution in [2.75, 3.05) is 48.1 Å². The average molecular weight is 776 g/mol. The van der Waals surface area contributed by atoms with Crippen molar-refractivity contribution < 1.29 is 47.7 Å². The normalized spacial score (nSPS) is 19.0. The van der Waals surface area contributed by atoms with Crippen LogP contribution >= 0.6 is 0 Å². The van der Waals surface area contributed by atoms with Gasteiger partial charge in [-0.1, -0.05) is 50.2 Å². The first-order valence-corrected chi connectivity index (χ1v) is 18.6. The van der Waals surface area contributed by atoms with Crippen molar-refractivity contribution in [2.24, 2.45) is 5.92 Å². The van der Waals surface area contributed by atoms with Gasteiger partial charge in [0, 0.05) is 19.5 Å². The van der Waals surface area contributed by atoms with Crippen LogP contribution in [-0.2, 0) is 32.0 Å². The Labute approximate surface area is 327 Å². The molecule has 56 heavy (non-hydrogen) atoms. The fourth-order valence-electron chi connectivity index (χ4n) is 6.24. The van der Waals surface area contributed by atoms with Gasteiger partial charge >= 0.3 is 0 Å². The molecule has 302 valence electrons. The molecule has 1 heterocycles. The molecule has 15 nitrogen and oxygen atoms in total. The Balaban J connectivity index is 1.66. The summed E-state index contributed by atoms with van der Waals surface area (Å²) >= 11 is 0. The summed E-state index contributed by atoms with van der Waals surface area (Å²) in [4.78, 5) is 68.3. The number of nitrogens with one attached hydrogen (secondary N) is 5. The number of amides is 5. The lowest BCUT2D eigenvalue weighted by Gasteiger charge is -2.27. The zero-order valence-corrected chi connectivity index (χ0v) is 32.8. The predicted octanol–water partition coefficient (Wildman–Crippen LogP) is 2.73. The van der Waals surface area contributed by atoms with Crippen LogP contribution in [0.5, 0.6) is 28.7 Å². The highest BCUT2D eigenvalue weighted by molar-refractivity contribution is 6.01. The molecule has 0 unspecified atom stereocenters. The molecule has 3 aromatic rings. The molecule has 0 radical (unpaired) electrons. The van der Waals surface area contributed by atoms with Gasteiger partial charge in [-0.05, 0) is 67.0 Å². The number of methoxy groups -OCH3 is 4. The SMILES string of the molecule is COc1ccc2cc1OCC(=O)NCCC[C@H](NC(=O)c1ccc(OC)c(OC)c1OC)C(=O)N[C@@H](Cc1ccccc1)C(=O)N[C@H](C(C)C)C(=O)NCCC2. The highest BCUT2D eigenvalue weighted by Gasteiger charge is 2.32. The van der Waals surface area contributed by atoms with E-state index in [4.69, 9.17) is 23.7 Å². The number of hydrogen-bond donors (Lipinski definition) is 5. The molecule has 0 spiro atoms. The summed E-state index contributed by atoms with van der Waals surface area (Å²) in [6.07, 6.45) is 1.63. The van der Waals surface area contributed by atoms with Gasteiger partial charge in [0.15, 0.2) is 29.6 Å². The second-order valence-corrected chi connectivity index (χ2v) is 13.5. The fourth-order valence-corrected chi connectivity index (χ4v) is 6.24. The first-order valence-electron chi connectivity index (χ1n) is 18.6. The molecule has 0 saturated heterocycles. The zero-order chi connectivity index (χ0) is 40.6. The quantitative estimate of drug-likeness (QED) is 0.216. The van der Waals surface area contributed by atoms with Crippen molar-refractivity contribution in [2.45, 2.75) is 64.1 Å². The second-order valence-electron chi connectivity index (χ2n) is 13.5. The third kappa shape index (κ3) is 11.8. The summed E-state index contributed by atoms with van der Waals surface area (Å²) in [5.41, 5.74) is 1.76. The van der Waals surface area contributed by atoms with Crippen LogP contribution in [0, 0.1) is 5.92 Å².